The number of imide groups is 1. The Morgan fingerprint density at radius 3 is 2.06 bits per heavy atom. The molecule has 2 aliphatic heterocycles. The fraction of sp³-hybridized carbons (Fsp3) is 0.407. The Balaban J connectivity index is 1.75. The first kappa shape index (κ1) is 22.9. The quantitative estimate of drug-likeness (QED) is 0.573. The Kier molecular flexibility index (Phi) is 6.72. The minimum absolute atomic E-state index is 0.271. The van der Waals surface area contributed by atoms with Crippen molar-refractivity contribution >= 4 is 23.1 Å². The molecule has 2 unspecified atom stereocenters. The Morgan fingerprint density at radius 1 is 0.879 bits per heavy atom. The van der Waals surface area contributed by atoms with Crippen LogP contribution in [0.1, 0.15) is 39.2 Å². The summed E-state index contributed by atoms with van der Waals surface area (Å²) in [7, 11) is 1.59. The van der Waals surface area contributed by atoms with Gasteiger partial charge in [-0.15, -0.1) is 0 Å². The number of ether oxygens (including phenoxy) is 2. The number of amides is 2. The molecule has 2 atom stereocenters. The normalized spacial score (nSPS) is 21.1. The van der Waals surface area contributed by atoms with Gasteiger partial charge in [0.25, 0.3) is 11.8 Å². The third kappa shape index (κ3) is 4.61. The molecule has 2 aromatic rings. The second kappa shape index (κ2) is 9.69. The SMILES string of the molecule is CCCOc1ccc(C2=C(N3CC(C)CC(C)C3)C(=O)N(c3ccc(OC)cc3)C2=O)cc1. The van der Waals surface area contributed by atoms with Crippen LogP contribution in [0.15, 0.2) is 54.2 Å². The van der Waals surface area contributed by atoms with Crippen molar-refractivity contribution in [2.45, 2.75) is 33.6 Å². The average molecular weight is 449 g/mol. The van der Waals surface area contributed by atoms with Crippen LogP contribution in [-0.2, 0) is 9.59 Å². The monoisotopic (exact) mass is 448 g/mol. The maximum Gasteiger partial charge on any atom is 0.282 e. The summed E-state index contributed by atoms with van der Waals surface area (Å²) in [6, 6.07) is 14.5. The molecule has 0 saturated carbocycles. The zero-order valence-corrected chi connectivity index (χ0v) is 19.8. The number of nitrogens with zero attached hydrogens (tertiary/aromatic N) is 2. The molecule has 0 bridgehead atoms. The fourth-order valence-corrected chi connectivity index (χ4v) is 4.82. The van der Waals surface area contributed by atoms with Gasteiger partial charge in [-0.1, -0.05) is 32.9 Å². The zero-order chi connectivity index (χ0) is 23.5. The molecule has 6 heteroatoms. The van der Waals surface area contributed by atoms with Crippen molar-refractivity contribution in [3.8, 4) is 11.5 Å². The van der Waals surface area contributed by atoms with E-state index in [1.807, 2.05) is 24.3 Å². The number of likely N-dealkylation sites (tertiary alicyclic amines) is 1. The lowest BCUT2D eigenvalue weighted by atomic mass is 9.91. The lowest BCUT2D eigenvalue weighted by Crippen LogP contribution is -2.42. The minimum Gasteiger partial charge on any atom is -0.497 e. The smallest absolute Gasteiger partial charge is 0.282 e. The molecule has 0 spiro atoms. The summed E-state index contributed by atoms with van der Waals surface area (Å²) in [5.41, 5.74) is 2.23. The topological polar surface area (TPSA) is 59.1 Å². The molecule has 0 radical (unpaired) electrons. The van der Waals surface area contributed by atoms with Gasteiger partial charge in [-0.3, -0.25) is 9.59 Å². The van der Waals surface area contributed by atoms with Crippen molar-refractivity contribution < 1.29 is 19.1 Å². The molecule has 0 N–H and O–H groups in total. The number of methoxy groups -OCH3 is 1. The van der Waals surface area contributed by atoms with Crippen LogP contribution >= 0.6 is 0 Å². The molecule has 6 nitrogen and oxygen atoms in total. The van der Waals surface area contributed by atoms with E-state index >= 15 is 0 Å². The molecule has 4 rings (SSSR count). The van der Waals surface area contributed by atoms with Gasteiger partial charge in [-0.2, -0.15) is 0 Å². The summed E-state index contributed by atoms with van der Waals surface area (Å²) in [5.74, 6) is 1.76. The van der Waals surface area contributed by atoms with Gasteiger partial charge in [-0.25, -0.2) is 4.90 Å². The third-order valence-corrected chi connectivity index (χ3v) is 6.19. The van der Waals surface area contributed by atoms with E-state index in [1.54, 1.807) is 31.4 Å². The second-order valence-corrected chi connectivity index (χ2v) is 9.09. The van der Waals surface area contributed by atoms with E-state index in [0.717, 1.165) is 37.2 Å². The number of benzene rings is 2. The average Bonchev–Trinajstić information content (AvgIpc) is 3.07. The first-order valence-corrected chi connectivity index (χ1v) is 11.7. The van der Waals surface area contributed by atoms with Gasteiger partial charge in [0.1, 0.15) is 17.2 Å². The van der Waals surface area contributed by atoms with Crippen LogP contribution in [-0.4, -0.2) is 43.5 Å². The standard InChI is InChI=1S/C27H32N2O4/c1-5-14-33-23-10-6-20(7-11-23)24-25(28-16-18(2)15-19(3)17-28)27(31)29(26(24)30)21-8-12-22(32-4)13-9-21/h6-13,18-19H,5,14-17H2,1-4H3. The molecule has 33 heavy (non-hydrogen) atoms. The van der Waals surface area contributed by atoms with Crippen LogP contribution in [0.25, 0.3) is 5.57 Å². The van der Waals surface area contributed by atoms with Crippen LogP contribution in [0.4, 0.5) is 5.69 Å². The van der Waals surface area contributed by atoms with E-state index in [1.165, 1.54) is 4.90 Å². The highest BCUT2D eigenvalue weighted by atomic mass is 16.5. The maximum absolute atomic E-state index is 13.7. The van der Waals surface area contributed by atoms with E-state index < -0.39 is 0 Å². The van der Waals surface area contributed by atoms with Crippen LogP contribution in [0.2, 0.25) is 0 Å². The van der Waals surface area contributed by atoms with Gasteiger partial charge in [0.2, 0.25) is 0 Å². The summed E-state index contributed by atoms with van der Waals surface area (Å²) in [4.78, 5) is 30.8. The Bertz CT molecular complexity index is 1030. The predicted octanol–water partition coefficient (Wildman–Crippen LogP) is 4.75. The lowest BCUT2D eigenvalue weighted by Gasteiger charge is -2.37. The zero-order valence-electron chi connectivity index (χ0n) is 19.8. The molecule has 1 fully saturated rings. The van der Waals surface area contributed by atoms with Crippen molar-refractivity contribution in [3.63, 3.8) is 0 Å². The summed E-state index contributed by atoms with van der Waals surface area (Å²) >= 11 is 0. The number of hydrogen-bond acceptors (Lipinski definition) is 5. The van der Waals surface area contributed by atoms with Crippen LogP contribution in [0.3, 0.4) is 0 Å². The highest BCUT2D eigenvalue weighted by Gasteiger charge is 2.43. The Morgan fingerprint density at radius 2 is 1.48 bits per heavy atom. The second-order valence-electron chi connectivity index (χ2n) is 9.09. The predicted molar refractivity (Wildman–Crippen MR) is 129 cm³/mol. The molecule has 2 aliphatic rings. The number of carbonyl (C=O) groups excluding carboxylic acids is 2. The van der Waals surface area contributed by atoms with Crippen molar-refractivity contribution in [3.05, 3.63) is 59.8 Å². The van der Waals surface area contributed by atoms with E-state index in [-0.39, 0.29) is 11.8 Å². The van der Waals surface area contributed by atoms with Crippen LogP contribution in [0.5, 0.6) is 11.5 Å². The first-order valence-electron chi connectivity index (χ1n) is 11.7. The van der Waals surface area contributed by atoms with E-state index in [2.05, 4.69) is 25.7 Å². The number of rotatable bonds is 7. The molecule has 1 saturated heterocycles. The first-order chi connectivity index (χ1) is 15.9. The number of anilines is 1. The summed E-state index contributed by atoms with van der Waals surface area (Å²) < 4.78 is 10.9. The molecule has 0 aromatic heterocycles. The van der Waals surface area contributed by atoms with Gasteiger partial charge in [0, 0.05) is 13.1 Å². The van der Waals surface area contributed by atoms with E-state index in [4.69, 9.17) is 9.47 Å². The highest BCUT2D eigenvalue weighted by Crippen LogP contribution is 2.38. The molecule has 2 heterocycles. The van der Waals surface area contributed by atoms with E-state index in [9.17, 15) is 9.59 Å². The number of hydrogen-bond donors (Lipinski definition) is 0. The number of carbonyl (C=O) groups is 2. The highest BCUT2D eigenvalue weighted by molar-refractivity contribution is 6.45. The third-order valence-electron chi connectivity index (χ3n) is 6.19. The van der Waals surface area contributed by atoms with Gasteiger partial charge in [0.15, 0.2) is 0 Å². The molecule has 174 valence electrons. The summed E-state index contributed by atoms with van der Waals surface area (Å²) in [6.07, 6.45) is 2.04. The van der Waals surface area contributed by atoms with Crippen LogP contribution < -0.4 is 14.4 Å². The van der Waals surface area contributed by atoms with Crippen LogP contribution in [0, 0.1) is 11.8 Å². The Hall–Kier alpha value is -3.28. The van der Waals surface area contributed by atoms with Crippen molar-refractivity contribution in [2.75, 3.05) is 31.7 Å². The molecule has 2 amide bonds. The van der Waals surface area contributed by atoms with Gasteiger partial charge < -0.3 is 14.4 Å². The lowest BCUT2D eigenvalue weighted by molar-refractivity contribution is -0.120. The van der Waals surface area contributed by atoms with Gasteiger partial charge in [-0.05, 0) is 66.6 Å². The molecular weight excluding hydrogens is 416 g/mol. The largest absolute Gasteiger partial charge is 0.497 e. The van der Waals surface area contributed by atoms with Crippen molar-refractivity contribution in [1.29, 1.82) is 0 Å². The van der Waals surface area contributed by atoms with Gasteiger partial charge in [0.05, 0.1) is 25.0 Å². The summed E-state index contributed by atoms with van der Waals surface area (Å²) in [6.45, 7) is 8.62. The minimum atomic E-state index is -0.298. The molecular formula is C27H32N2O4. The Labute approximate surface area is 195 Å². The van der Waals surface area contributed by atoms with Gasteiger partial charge >= 0.3 is 0 Å². The molecule has 2 aromatic carbocycles. The van der Waals surface area contributed by atoms with Crippen molar-refractivity contribution in [1.82, 2.24) is 4.90 Å². The van der Waals surface area contributed by atoms with E-state index in [0.29, 0.717) is 41.1 Å². The van der Waals surface area contributed by atoms with Crippen molar-refractivity contribution in [2.24, 2.45) is 11.8 Å². The molecule has 0 aliphatic carbocycles. The maximum atomic E-state index is 13.7. The fourth-order valence-electron chi connectivity index (χ4n) is 4.82. The number of piperidine rings is 1. The summed E-state index contributed by atoms with van der Waals surface area (Å²) in [5, 5.41) is 0.